The maximum Gasteiger partial charge on any atom is 0.0634 e. The van der Waals surface area contributed by atoms with Gasteiger partial charge in [0.15, 0.2) is 0 Å². The molecule has 0 aliphatic carbocycles. The predicted molar refractivity (Wildman–Crippen MR) is 94.1 cm³/mol. The number of unbranched alkanes of at least 4 members (excludes halogenated alkanes) is 2. The van der Waals surface area contributed by atoms with E-state index in [9.17, 15) is 10.4 Å². The first-order valence-corrected chi connectivity index (χ1v) is 8.42. The van der Waals surface area contributed by atoms with Crippen LogP contribution in [0.5, 0.6) is 0 Å². The Kier molecular flexibility index (Phi) is 9.52. The average molecular weight is 321 g/mol. The van der Waals surface area contributed by atoms with Gasteiger partial charge in [-0.3, -0.25) is 0 Å². The van der Waals surface area contributed by atoms with Crippen LogP contribution in [0.15, 0.2) is 35.5 Å². The molecular formula is C18H31N3O2. The van der Waals surface area contributed by atoms with Crippen molar-refractivity contribution in [3.63, 3.8) is 0 Å². The van der Waals surface area contributed by atoms with Crippen molar-refractivity contribution < 1.29 is 10.4 Å². The molecule has 1 aromatic rings. The van der Waals surface area contributed by atoms with Crippen LogP contribution in [0.25, 0.3) is 0 Å². The number of hydroxylamine groups is 1. The van der Waals surface area contributed by atoms with Crippen LogP contribution < -0.4 is 5.48 Å². The van der Waals surface area contributed by atoms with Gasteiger partial charge in [-0.1, -0.05) is 61.7 Å². The highest BCUT2D eigenvalue weighted by Gasteiger charge is 2.22. The van der Waals surface area contributed by atoms with Crippen molar-refractivity contribution in [3.05, 3.63) is 35.9 Å². The number of benzene rings is 1. The normalized spacial score (nSPS) is 14.9. The molecular weight excluding hydrogens is 290 g/mol. The molecule has 130 valence electrons. The maximum absolute atomic E-state index is 9.52. The molecule has 0 saturated carbocycles. The van der Waals surface area contributed by atoms with Crippen LogP contribution in [0.4, 0.5) is 0 Å². The van der Waals surface area contributed by atoms with Crippen LogP contribution in [0.3, 0.4) is 0 Å². The summed E-state index contributed by atoms with van der Waals surface area (Å²) in [5.41, 5.74) is 4.07. The molecule has 1 rings (SSSR count). The molecule has 5 nitrogen and oxygen atoms in total. The quantitative estimate of drug-likeness (QED) is 0.252. The lowest BCUT2D eigenvalue weighted by molar-refractivity contribution is 0.127. The Morgan fingerprint density at radius 3 is 2.43 bits per heavy atom. The highest BCUT2D eigenvalue weighted by Crippen LogP contribution is 2.22. The van der Waals surface area contributed by atoms with E-state index >= 15 is 0 Å². The van der Waals surface area contributed by atoms with Crippen LogP contribution in [-0.2, 0) is 0 Å². The molecule has 1 aromatic carbocycles. The van der Waals surface area contributed by atoms with Crippen molar-refractivity contribution in [1.82, 2.24) is 10.4 Å². The number of nitrogens with zero attached hydrogens (tertiary/aromatic N) is 2. The number of hydrogen-bond acceptors (Lipinski definition) is 5. The Hall–Kier alpha value is -1.43. The summed E-state index contributed by atoms with van der Waals surface area (Å²) >= 11 is 0. The predicted octanol–water partition coefficient (Wildman–Crippen LogP) is 3.68. The molecule has 0 heterocycles. The van der Waals surface area contributed by atoms with Gasteiger partial charge in [-0.25, -0.2) is 0 Å². The molecule has 0 fully saturated rings. The van der Waals surface area contributed by atoms with Gasteiger partial charge in [-0.2, -0.15) is 5.48 Å². The van der Waals surface area contributed by atoms with Crippen LogP contribution >= 0.6 is 0 Å². The summed E-state index contributed by atoms with van der Waals surface area (Å²) in [5.74, 6) is 0.195. The Bertz CT molecular complexity index is 449. The standard InChI is InChI=1S/C18H31N3O2/c1-4-5-7-12-16(14-21(2)3)18(20-23)13-17(19-22)15-10-8-6-9-11-15/h6,8-11,16-17,19,22-23H,4-5,7,12-14H2,1-3H3/b20-18+/t16-,17+/m1/s1. The van der Waals surface area contributed by atoms with Crippen LogP contribution in [0.1, 0.15) is 50.6 Å². The average Bonchev–Trinajstić information content (AvgIpc) is 2.56. The van der Waals surface area contributed by atoms with E-state index in [2.05, 4.69) is 22.5 Å². The molecule has 0 aliphatic rings. The van der Waals surface area contributed by atoms with E-state index in [4.69, 9.17) is 0 Å². The molecule has 3 N–H and O–H groups in total. The zero-order valence-electron chi connectivity index (χ0n) is 14.6. The number of hydrogen-bond donors (Lipinski definition) is 3. The van der Waals surface area contributed by atoms with Crippen LogP contribution in [0, 0.1) is 5.92 Å². The summed E-state index contributed by atoms with van der Waals surface area (Å²) in [6.45, 7) is 3.03. The SMILES string of the molecule is CCCCC[C@H](CN(C)C)/C(C[C@H](NO)c1ccccc1)=N/O. The molecule has 2 atom stereocenters. The highest BCUT2D eigenvalue weighted by molar-refractivity contribution is 5.87. The zero-order chi connectivity index (χ0) is 17.1. The minimum Gasteiger partial charge on any atom is -0.411 e. The van der Waals surface area contributed by atoms with Crippen LogP contribution in [0.2, 0.25) is 0 Å². The first-order chi connectivity index (χ1) is 11.1. The third-order valence-corrected chi connectivity index (χ3v) is 4.11. The van der Waals surface area contributed by atoms with Gasteiger partial charge in [0, 0.05) is 18.9 Å². The first-order valence-electron chi connectivity index (χ1n) is 8.42. The summed E-state index contributed by atoms with van der Waals surface area (Å²) in [4.78, 5) is 2.12. The molecule has 23 heavy (non-hydrogen) atoms. The molecule has 0 amide bonds. The molecule has 0 aromatic heterocycles. The van der Waals surface area contributed by atoms with Crippen molar-refractivity contribution in [1.29, 1.82) is 0 Å². The lowest BCUT2D eigenvalue weighted by Crippen LogP contribution is -2.31. The van der Waals surface area contributed by atoms with E-state index in [1.807, 2.05) is 44.4 Å². The molecule has 0 radical (unpaired) electrons. The van der Waals surface area contributed by atoms with Gasteiger partial charge in [0.1, 0.15) is 0 Å². The Labute approximate surface area is 140 Å². The number of oxime groups is 1. The Morgan fingerprint density at radius 1 is 1.22 bits per heavy atom. The zero-order valence-corrected chi connectivity index (χ0v) is 14.6. The van der Waals surface area contributed by atoms with E-state index in [-0.39, 0.29) is 12.0 Å². The van der Waals surface area contributed by atoms with E-state index < -0.39 is 0 Å². The van der Waals surface area contributed by atoms with Crippen molar-refractivity contribution in [3.8, 4) is 0 Å². The monoisotopic (exact) mass is 321 g/mol. The van der Waals surface area contributed by atoms with Crippen molar-refractivity contribution in [2.24, 2.45) is 11.1 Å². The number of rotatable bonds is 11. The fraction of sp³-hybridized carbons (Fsp3) is 0.611. The molecule has 0 unspecified atom stereocenters. The van der Waals surface area contributed by atoms with Crippen molar-refractivity contribution >= 4 is 5.71 Å². The second-order valence-electron chi connectivity index (χ2n) is 6.34. The first kappa shape index (κ1) is 19.6. The molecule has 0 bridgehead atoms. The van der Waals surface area contributed by atoms with Crippen LogP contribution in [-0.4, -0.2) is 41.7 Å². The van der Waals surface area contributed by atoms with E-state index in [0.29, 0.717) is 6.42 Å². The highest BCUT2D eigenvalue weighted by atomic mass is 16.5. The minimum atomic E-state index is -0.266. The van der Waals surface area contributed by atoms with Gasteiger partial charge in [0.05, 0.1) is 11.8 Å². The number of nitrogens with one attached hydrogen (secondary N) is 1. The van der Waals surface area contributed by atoms with Gasteiger partial charge < -0.3 is 15.3 Å². The lowest BCUT2D eigenvalue weighted by atomic mass is 9.90. The fourth-order valence-corrected chi connectivity index (χ4v) is 2.87. The Morgan fingerprint density at radius 2 is 1.91 bits per heavy atom. The van der Waals surface area contributed by atoms with E-state index in [0.717, 1.165) is 30.7 Å². The molecule has 5 heteroatoms. The molecule has 0 saturated heterocycles. The van der Waals surface area contributed by atoms with Gasteiger partial charge in [-0.05, 0) is 26.1 Å². The van der Waals surface area contributed by atoms with Gasteiger partial charge in [0.25, 0.3) is 0 Å². The molecule has 0 aliphatic heterocycles. The summed E-state index contributed by atoms with van der Waals surface area (Å²) in [6, 6.07) is 9.47. The minimum absolute atomic E-state index is 0.195. The Balaban J connectivity index is 2.80. The van der Waals surface area contributed by atoms with E-state index in [1.54, 1.807) is 0 Å². The third-order valence-electron chi connectivity index (χ3n) is 4.11. The largest absolute Gasteiger partial charge is 0.411 e. The van der Waals surface area contributed by atoms with Crippen molar-refractivity contribution in [2.75, 3.05) is 20.6 Å². The van der Waals surface area contributed by atoms with Gasteiger partial charge in [-0.15, -0.1) is 0 Å². The van der Waals surface area contributed by atoms with Gasteiger partial charge >= 0.3 is 0 Å². The summed E-state index contributed by atoms with van der Waals surface area (Å²) < 4.78 is 0. The fourth-order valence-electron chi connectivity index (χ4n) is 2.87. The molecule has 0 spiro atoms. The topological polar surface area (TPSA) is 68.1 Å². The smallest absolute Gasteiger partial charge is 0.0634 e. The second kappa shape index (κ2) is 11.2. The third kappa shape index (κ3) is 7.12. The lowest BCUT2D eigenvalue weighted by Gasteiger charge is -2.24. The second-order valence-corrected chi connectivity index (χ2v) is 6.34. The summed E-state index contributed by atoms with van der Waals surface area (Å²) in [7, 11) is 4.06. The van der Waals surface area contributed by atoms with Gasteiger partial charge in [0.2, 0.25) is 0 Å². The summed E-state index contributed by atoms with van der Waals surface area (Å²) in [6.07, 6.45) is 4.96. The van der Waals surface area contributed by atoms with E-state index in [1.165, 1.54) is 12.8 Å². The van der Waals surface area contributed by atoms with Crippen molar-refractivity contribution in [2.45, 2.75) is 45.1 Å². The summed E-state index contributed by atoms with van der Waals surface area (Å²) in [5, 5.41) is 22.6. The maximum atomic E-state index is 9.52.